The molecule has 0 amide bonds. The Labute approximate surface area is 89.6 Å². The molecule has 0 saturated carbocycles. The molecule has 0 unspecified atom stereocenters. The summed E-state index contributed by atoms with van der Waals surface area (Å²) in [4.78, 5) is 0. The van der Waals surface area contributed by atoms with Crippen LogP contribution in [-0.4, -0.2) is 44.3 Å². The van der Waals surface area contributed by atoms with Crippen molar-refractivity contribution in [1.29, 1.82) is 0 Å². The van der Waals surface area contributed by atoms with E-state index in [-0.39, 0.29) is 0 Å². The van der Waals surface area contributed by atoms with Crippen LogP contribution in [-0.2, 0) is 16.0 Å². The van der Waals surface area contributed by atoms with Gasteiger partial charge >= 0.3 is 0 Å². The molecule has 0 atom stereocenters. The molecular formula is C4H6N4O3S3. The first-order valence-corrected chi connectivity index (χ1v) is 6.37. The van der Waals surface area contributed by atoms with Crippen LogP contribution in [0.5, 0.6) is 0 Å². The summed E-state index contributed by atoms with van der Waals surface area (Å²) in [6.45, 7) is 0. The molecule has 0 radical (unpaired) electrons. The highest BCUT2D eigenvalue weighted by molar-refractivity contribution is 8.00. The highest BCUT2D eigenvalue weighted by Crippen LogP contribution is 2.12. The van der Waals surface area contributed by atoms with Crippen LogP contribution in [0.3, 0.4) is 0 Å². The van der Waals surface area contributed by atoms with Crippen LogP contribution in [0.2, 0.25) is 0 Å². The van der Waals surface area contributed by atoms with Gasteiger partial charge in [0.05, 0.1) is 0 Å². The Bertz CT molecular complexity index is 413. The molecule has 0 spiro atoms. The molecule has 0 aliphatic heterocycles. The first kappa shape index (κ1) is 11.5. The second-order valence-corrected chi connectivity index (χ2v) is 4.89. The van der Waals surface area contributed by atoms with Crippen molar-refractivity contribution < 1.29 is 13.0 Å². The molecule has 0 bridgehead atoms. The third kappa shape index (κ3) is 3.65. The summed E-state index contributed by atoms with van der Waals surface area (Å²) in [5.41, 5.74) is 0. The molecule has 7 nitrogen and oxygen atoms in total. The van der Waals surface area contributed by atoms with Gasteiger partial charge in [-0.05, 0) is 15.8 Å². The highest BCUT2D eigenvalue weighted by atomic mass is 32.2. The van der Waals surface area contributed by atoms with E-state index in [4.69, 9.17) is 4.55 Å². The van der Waals surface area contributed by atoms with Crippen molar-refractivity contribution in [2.75, 3.05) is 5.75 Å². The van der Waals surface area contributed by atoms with Gasteiger partial charge in [-0.2, -0.15) is 8.42 Å². The second-order valence-electron chi connectivity index (χ2n) is 2.15. The number of hydrogen-bond acceptors (Lipinski definition) is 7. The SMILES string of the molecule is O=S(=O)(O)Cn1nnnc1SCC=S. The van der Waals surface area contributed by atoms with Crippen molar-refractivity contribution in [2.24, 2.45) is 0 Å². The Morgan fingerprint density at radius 1 is 1.64 bits per heavy atom. The number of thiocarbonyl (C=S) groups is 1. The lowest BCUT2D eigenvalue weighted by molar-refractivity contribution is 0.459. The van der Waals surface area contributed by atoms with Crippen LogP contribution >= 0.6 is 24.0 Å². The van der Waals surface area contributed by atoms with Gasteiger partial charge in [0.15, 0.2) is 5.88 Å². The molecule has 1 N–H and O–H groups in total. The maximum absolute atomic E-state index is 10.5. The van der Waals surface area contributed by atoms with Crippen molar-refractivity contribution in [3.63, 3.8) is 0 Å². The monoisotopic (exact) mass is 254 g/mol. The van der Waals surface area contributed by atoms with E-state index in [0.29, 0.717) is 10.9 Å². The number of hydrogen-bond donors (Lipinski definition) is 1. The van der Waals surface area contributed by atoms with Crippen LogP contribution in [0.4, 0.5) is 0 Å². The van der Waals surface area contributed by atoms with E-state index in [2.05, 4.69) is 27.7 Å². The summed E-state index contributed by atoms with van der Waals surface area (Å²) >= 11 is 5.77. The van der Waals surface area contributed by atoms with Crippen molar-refractivity contribution in [2.45, 2.75) is 11.0 Å². The van der Waals surface area contributed by atoms with Gasteiger partial charge in [-0.15, -0.1) is 5.10 Å². The van der Waals surface area contributed by atoms with Crippen molar-refractivity contribution >= 4 is 39.5 Å². The largest absolute Gasteiger partial charge is 0.285 e. The number of rotatable bonds is 5. The molecule has 1 rings (SSSR count). The zero-order valence-electron chi connectivity index (χ0n) is 6.77. The standard InChI is InChI=1S/C4H6N4O3S3/c9-14(10,11)3-8-4(5-6-7-8)13-2-1-12/h1H,2-3H2,(H,9,10,11). The van der Waals surface area contributed by atoms with Crippen LogP contribution in [0.25, 0.3) is 0 Å². The van der Waals surface area contributed by atoms with E-state index in [9.17, 15) is 8.42 Å². The molecule has 0 aliphatic carbocycles. The molecular weight excluding hydrogens is 248 g/mol. The molecule has 1 aromatic heterocycles. The fraction of sp³-hybridized carbons (Fsp3) is 0.500. The Morgan fingerprint density at radius 2 is 2.36 bits per heavy atom. The number of thioether (sulfide) groups is 1. The van der Waals surface area contributed by atoms with Crippen LogP contribution in [0.15, 0.2) is 5.16 Å². The van der Waals surface area contributed by atoms with Gasteiger partial charge in [-0.3, -0.25) is 4.55 Å². The van der Waals surface area contributed by atoms with Gasteiger partial charge in [-0.25, -0.2) is 4.68 Å². The zero-order chi connectivity index (χ0) is 10.6. The molecule has 10 heteroatoms. The van der Waals surface area contributed by atoms with E-state index in [1.165, 1.54) is 17.1 Å². The summed E-state index contributed by atoms with van der Waals surface area (Å²) in [6, 6.07) is 0. The van der Waals surface area contributed by atoms with E-state index < -0.39 is 16.0 Å². The lowest BCUT2D eigenvalue weighted by atomic mass is 11.0. The molecule has 1 aromatic rings. The number of nitrogens with zero attached hydrogens (tertiary/aromatic N) is 4. The first-order valence-electron chi connectivity index (χ1n) is 3.30. The number of tetrazole rings is 1. The molecule has 0 saturated heterocycles. The Kier molecular flexibility index (Phi) is 3.92. The average Bonchev–Trinajstić information content (AvgIpc) is 2.45. The van der Waals surface area contributed by atoms with Crippen molar-refractivity contribution in [3.8, 4) is 0 Å². The predicted octanol–water partition coefficient (Wildman–Crippen LogP) is -0.390. The molecule has 1 heterocycles. The normalized spacial score (nSPS) is 11.5. The molecule has 14 heavy (non-hydrogen) atoms. The summed E-state index contributed by atoms with van der Waals surface area (Å²) in [6.07, 6.45) is 0. The van der Waals surface area contributed by atoms with E-state index >= 15 is 0 Å². The van der Waals surface area contributed by atoms with Crippen LogP contribution < -0.4 is 0 Å². The fourth-order valence-corrected chi connectivity index (χ4v) is 1.97. The van der Waals surface area contributed by atoms with E-state index in [0.717, 1.165) is 4.68 Å². The maximum atomic E-state index is 10.5. The summed E-state index contributed by atoms with van der Waals surface area (Å²) < 4.78 is 30.6. The van der Waals surface area contributed by atoms with Gasteiger partial charge in [-0.1, -0.05) is 24.0 Å². The highest BCUT2D eigenvalue weighted by Gasteiger charge is 2.12. The quantitative estimate of drug-likeness (QED) is 0.431. The van der Waals surface area contributed by atoms with Gasteiger partial charge in [0.25, 0.3) is 10.1 Å². The number of aromatic nitrogens is 4. The van der Waals surface area contributed by atoms with Crippen molar-refractivity contribution in [1.82, 2.24) is 20.2 Å². The second kappa shape index (κ2) is 4.77. The first-order chi connectivity index (χ1) is 6.53. The zero-order valence-corrected chi connectivity index (χ0v) is 9.22. The maximum Gasteiger partial charge on any atom is 0.285 e. The minimum Gasteiger partial charge on any atom is -0.284 e. The summed E-state index contributed by atoms with van der Waals surface area (Å²) in [5.74, 6) is -0.166. The van der Waals surface area contributed by atoms with Crippen molar-refractivity contribution in [3.05, 3.63) is 0 Å². The third-order valence-electron chi connectivity index (χ3n) is 1.06. The Hall–Kier alpha value is -0.580. The lowest BCUT2D eigenvalue weighted by Gasteiger charge is -1.99. The molecule has 0 fully saturated rings. The van der Waals surface area contributed by atoms with Gasteiger partial charge in [0.2, 0.25) is 5.16 Å². The molecule has 0 aliphatic rings. The van der Waals surface area contributed by atoms with Gasteiger partial charge < -0.3 is 0 Å². The smallest absolute Gasteiger partial charge is 0.284 e. The third-order valence-corrected chi connectivity index (χ3v) is 2.90. The van der Waals surface area contributed by atoms with Crippen LogP contribution in [0, 0.1) is 0 Å². The van der Waals surface area contributed by atoms with Gasteiger partial charge in [0.1, 0.15) is 0 Å². The van der Waals surface area contributed by atoms with E-state index in [1.807, 2.05) is 0 Å². The lowest BCUT2D eigenvalue weighted by Crippen LogP contribution is -2.12. The summed E-state index contributed by atoms with van der Waals surface area (Å²) in [5, 5.41) is 12.0. The molecule has 0 aromatic carbocycles. The van der Waals surface area contributed by atoms with Gasteiger partial charge in [0, 0.05) is 5.75 Å². The minimum atomic E-state index is -4.12. The predicted molar refractivity (Wildman–Crippen MR) is 53.7 cm³/mol. The summed E-state index contributed by atoms with van der Waals surface area (Å²) in [7, 11) is -4.12. The topological polar surface area (TPSA) is 98.0 Å². The minimum absolute atomic E-state index is 0.295. The van der Waals surface area contributed by atoms with E-state index in [1.54, 1.807) is 0 Å². The Morgan fingerprint density at radius 3 is 2.93 bits per heavy atom. The van der Waals surface area contributed by atoms with Crippen LogP contribution in [0.1, 0.15) is 0 Å². The fourth-order valence-electron chi connectivity index (χ4n) is 0.644. The Balaban J connectivity index is 2.77. The molecule has 78 valence electrons. The average molecular weight is 254 g/mol.